The van der Waals surface area contributed by atoms with Gasteiger partial charge in [0, 0.05) is 17.7 Å². The predicted octanol–water partition coefficient (Wildman–Crippen LogP) is 6.15. The molecule has 0 radical (unpaired) electrons. The molecule has 212 valence electrons. The number of nitrogens with zero attached hydrogens (tertiary/aromatic N) is 1. The third kappa shape index (κ3) is 7.22. The summed E-state index contributed by atoms with van der Waals surface area (Å²) in [6.07, 6.45) is 3.83. The minimum Gasteiger partial charge on any atom is -0.457 e. The Kier molecular flexibility index (Phi) is 9.48. The van der Waals surface area contributed by atoms with Crippen LogP contribution in [0.15, 0.2) is 22.6 Å². The molecule has 1 aromatic heterocycles. The van der Waals surface area contributed by atoms with Gasteiger partial charge in [-0.2, -0.15) is 0 Å². The summed E-state index contributed by atoms with van der Waals surface area (Å²) in [5.74, 6) is -0.637. The van der Waals surface area contributed by atoms with Crippen LogP contribution < -0.4 is 0 Å². The number of aliphatic hydroxyl groups is 2. The highest BCUT2D eigenvalue weighted by Crippen LogP contribution is 2.52. The van der Waals surface area contributed by atoms with Gasteiger partial charge >= 0.3 is 5.97 Å². The molecule has 0 spiro atoms. The summed E-state index contributed by atoms with van der Waals surface area (Å²) in [7, 11) is 0. The number of hydrogen-bond acceptors (Lipinski definition) is 7. The van der Waals surface area contributed by atoms with Crippen LogP contribution in [0.5, 0.6) is 0 Å². The van der Waals surface area contributed by atoms with Crippen LogP contribution in [-0.2, 0) is 14.3 Å². The highest BCUT2D eigenvalue weighted by atomic mass is 32.1. The van der Waals surface area contributed by atoms with Gasteiger partial charge in [0.15, 0.2) is 0 Å². The summed E-state index contributed by atoms with van der Waals surface area (Å²) in [6, 6.07) is 0. The Bertz CT molecular complexity index is 1080. The van der Waals surface area contributed by atoms with E-state index in [4.69, 9.17) is 4.74 Å². The van der Waals surface area contributed by atoms with Gasteiger partial charge in [-0.05, 0) is 61.5 Å². The van der Waals surface area contributed by atoms with Gasteiger partial charge in [0.05, 0.1) is 34.7 Å². The van der Waals surface area contributed by atoms with Crippen molar-refractivity contribution in [1.82, 2.24) is 4.98 Å². The van der Waals surface area contributed by atoms with Gasteiger partial charge in [-0.3, -0.25) is 9.59 Å². The fraction of sp³-hybridized carbons (Fsp3) is 0.710. The topological polar surface area (TPSA) is 96.7 Å². The van der Waals surface area contributed by atoms with Crippen molar-refractivity contribution >= 4 is 29.2 Å². The molecule has 3 rings (SSSR count). The average molecular weight is 546 g/mol. The van der Waals surface area contributed by atoms with E-state index in [1.165, 1.54) is 5.57 Å². The number of ketones is 1. The zero-order valence-corrected chi connectivity index (χ0v) is 25.4. The maximum atomic E-state index is 13.4. The van der Waals surface area contributed by atoms with Gasteiger partial charge in [-0.15, -0.1) is 11.3 Å². The molecule has 1 saturated carbocycles. The van der Waals surface area contributed by atoms with Gasteiger partial charge in [-0.25, -0.2) is 4.98 Å². The van der Waals surface area contributed by atoms with E-state index < -0.39 is 35.6 Å². The Hall–Kier alpha value is -1.83. The summed E-state index contributed by atoms with van der Waals surface area (Å²) >= 11 is 1.57. The number of thiazole rings is 1. The normalized spacial score (nSPS) is 35.2. The van der Waals surface area contributed by atoms with Crippen molar-refractivity contribution in [3.05, 3.63) is 33.3 Å². The minimum atomic E-state index is -1.22. The van der Waals surface area contributed by atoms with Crippen LogP contribution in [0, 0.1) is 41.4 Å². The lowest BCUT2D eigenvalue weighted by Gasteiger charge is -2.34. The van der Waals surface area contributed by atoms with Crippen molar-refractivity contribution in [2.24, 2.45) is 34.5 Å². The van der Waals surface area contributed by atoms with Gasteiger partial charge in [0.2, 0.25) is 0 Å². The first-order valence-electron chi connectivity index (χ1n) is 13.9. The second-order valence-corrected chi connectivity index (χ2v) is 14.2. The van der Waals surface area contributed by atoms with E-state index >= 15 is 0 Å². The van der Waals surface area contributed by atoms with Crippen molar-refractivity contribution in [3.8, 4) is 0 Å². The fourth-order valence-corrected chi connectivity index (χ4v) is 6.28. The number of Topliss-reactive ketones (excluding diaryl/α,β-unsaturated/α-hetero) is 1. The Morgan fingerprint density at radius 1 is 1.18 bits per heavy atom. The summed E-state index contributed by atoms with van der Waals surface area (Å²) in [4.78, 5) is 31.0. The Morgan fingerprint density at radius 2 is 1.84 bits per heavy atom. The molecule has 1 aliphatic carbocycles. The maximum absolute atomic E-state index is 13.4. The number of carbonyl (C=O) groups excluding carboxylic acids is 2. The smallest absolute Gasteiger partial charge is 0.309 e. The third-order valence-electron chi connectivity index (χ3n) is 8.76. The monoisotopic (exact) mass is 545 g/mol. The largest absolute Gasteiger partial charge is 0.457 e. The third-order valence-corrected chi connectivity index (χ3v) is 9.55. The highest BCUT2D eigenvalue weighted by Gasteiger charge is 2.48. The SMILES string of the molecule is CC(=Cc1csc(C)n1)[C@H]1C/C=C(/C(C)(C)C)C[C@H]2C[C@H]2[C@H](C)[C@H](O)[C@@H](C)C(=O)C(C)(C)[C@@H](O)CC(=O)O1. The zero-order valence-electron chi connectivity index (χ0n) is 24.6. The van der Waals surface area contributed by atoms with Crippen molar-refractivity contribution in [2.45, 2.75) is 106 Å². The van der Waals surface area contributed by atoms with Crippen molar-refractivity contribution in [1.29, 1.82) is 0 Å². The molecule has 1 aromatic rings. The van der Waals surface area contributed by atoms with E-state index in [9.17, 15) is 19.8 Å². The molecule has 7 atom stereocenters. The standard InChI is InChI=1S/C31H47NO5S/c1-17(12-23-16-38-20(4)32-23)25-11-10-22(30(5,6)7)13-21-14-24(21)18(2)28(35)19(3)29(36)31(8,9)26(33)15-27(34)37-25/h10,12,16,18-19,21,24-26,28,33,35H,11,13-15H2,1-9H3/b17-12?,22-10+/t18-,19+,21-,24-,25+,26-,28-/m0/s1. The molecule has 0 unspecified atom stereocenters. The Balaban J connectivity index is 1.98. The summed E-state index contributed by atoms with van der Waals surface area (Å²) in [5.41, 5.74) is 1.78. The number of cyclic esters (lactones) is 1. The molecule has 0 aromatic carbocycles. The van der Waals surface area contributed by atoms with Crippen LogP contribution in [0.2, 0.25) is 0 Å². The lowest BCUT2D eigenvalue weighted by molar-refractivity contribution is -0.154. The molecule has 6 nitrogen and oxygen atoms in total. The molecule has 0 bridgehead atoms. The van der Waals surface area contributed by atoms with Gasteiger partial charge in [0.25, 0.3) is 0 Å². The first-order valence-corrected chi connectivity index (χ1v) is 14.8. The average Bonchev–Trinajstić information content (AvgIpc) is 3.48. The lowest BCUT2D eigenvalue weighted by atomic mass is 9.72. The maximum Gasteiger partial charge on any atom is 0.309 e. The Morgan fingerprint density at radius 3 is 2.42 bits per heavy atom. The second-order valence-electron chi connectivity index (χ2n) is 13.2. The quantitative estimate of drug-likeness (QED) is 0.342. The van der Waals surface area contributed by atoms with E-state index in [2.05, 4.69) is 31.8 Å². The number of esters is 1. The first kappa shape index (κ1) is 30.7. The molecular weight excluding hydrogens is 498 g/mol. The van der Waals surface area contributed by atoms with Gasteiger partial charge in [-0.1, -0.05) is 60.1 Å². The summed E-state index contributed by atoms with van der Waals surface area (Å²) in [6.45, 7) is 17.6. The predicted molar refractivity (Wildman–Crippen MR) is 152 cm³/mol. The zero-order chi connectivity index (χ0) is 28.6. The molecule has 2 aliphatic rings. The fourth-order valence-electron chi connectivity index (χ4n) is 5.71. The van der Waals surface area contributed by atoms with Crippen LogP contribution in [-0.4, -0.2) is 45.3 Å². The first-order chi connectivity index (χ1) is 17.5. The molecule has 2 heterocycles. The van der Waals surface area contributed by atoms with Crippen molar-refractivity contribution in [3.63, 3.8) is 0 Å². The molecule has 0 saturated heterocycles. The number of aryl methyl sites for hydroxylation is 1. The van der Waals surface area contributed by atoms with E-state index in [-0.39, 0.29) is 23.5 Å². The number of aromatic nitrogens is 1. The molecule has 0 amide bonds. The van der Waals surface area contributed by atoms with Gasteiger partial charge < -0.3 is 14.9 Å². The van der Waals surface area contributed by atoms with Gasteiger partial charge in [0.1, 0.15) is 11.9 Å². The minimum absolute atomic E-state index is 0.0227. The van der Waals surface area contributed by atoms with E-state index in [1.807, 2.05) is 32.2 Å². The summed E-state index contributed by atoms with van der Waals surface area (Å²) < 4.78 is 5.96. The molecule has 1 fully saturated rings. The number of hydrogen-bond donors (Lipinski definition) is 2. The van der Waals surface area contributed by atoms with Crippen LogP contribution in [0.4, 0.5) is 0 Å². The molecular formula is C31H47NO5S. The van der Waals surface area contributed by atoms with Crippen molar-refractivity contribution < 1.29 is 24.5 Å². The van der Waals surface area contributed by atoms with E-state index in [1.54, 1.807) is 32.1 Å². The molecule has 7 heteroatoms. The number of carbonyl (C=O) groups is 2. The number of aliphatic hydroxyl groups excluding tert-OH is 2. The number of ether oxygens (including phenoxy) is 1. The lowest BCUT2D eigenvalue weighted by Crippen LogP contribution is -2.46. The van der Waals surface area contributed by atoms with Crippen LogP contribution >= 0.6 is 11.3 Å². The molecule has 38 heavy (non-hydrogen) atoms. The van der Waals surface area contributed by atoms with Crippen molar-refractivity contribution in [2.75, 3.05) is 0 Å². The summed E-state index contributed by atoms with van der Waals surface area (Å²) in [5, 5.41) is 25.1. The van der Waals surface area contributed by atoms with E-state index in [0.29, 0.717) is 18.3 Å². The number of allylic oxidation sites excluding steroid dienone is 1. The van der Waals surface area contributed by atoms with E-state index in [0.717, 1.165) is 29.1 Å². The Labute approximate surface area is 232 Å². The van der Waals surface area contributed by atoms with Crippen LogP contribution in [0.3, 0.4) is 0 Å². The van der Waals surface area contributed by atoms with Crippen LogP contribution in [0.25, 0.3) is 6.08 Å². The molecule has 1 aliphatic heterocycles. The highest BCUT2D eigenvalue weighted by molar-refractivity contribution is 7.09. The van der Waals surface area contributed by atoms with Crippen LogP contribution in [0.1, 0.15) is 91.8 Å². The molecule has 2 N–H and O–H groups in total. The second kappa shape index (κ2) is 11.7. The number of fused-ring (bicyclic) bond motifs is 1. The number of rotatable bonds is 2.